The molecule has 2 aliphatic rings. The van der Waals surface area contributed by atoms with Crippen LogP contribution in [0.4, 0.5) is 4.79 Å². The Kier molecular flexibility index (Phi) is 4.87. The lowest BCUT2D eigenvalue weighted by Crippen LogP contribution is -2.42. The fourth-order valence-corrected chi connectivity index (χ4v) is 3.73. The molecule has 0 aromatic rings. The van der Waals surface area contributed by atoms with Crippen molar-refractivity contribution in [1.29, 1.82) is 0 Å². The van der Waals surface area contributed by atoms with Crippen molar-refractivity contribution in [2.75, 3.05) is 6.54 Å². The maximum Gasteiger partial charge on any atom is 0.410 e. The molecule has 116 valence electrons. The molecular weight excluding hydrogens is 276 g/mol. The number of likely N-dealkylation sites (tertiary alicyclic amines) is 1. The fourth-order valence-electron chi connectivity index (χ4n) is 2.48. The number of carbonyl (C=O) groups excluding carboxylic acids is 1. The molecule has 1 saturated carbocycles. The van der Waals surface area contributed by atoms with E-state index in [4.69, 9.17) is 4.74 Å². The van der Waals surface area contributed by atoms with Crippen molar-refractivity contribution in [2.24, 2.45) is 0 Å². The van der Waals surface area contributed by atoms with Gasteiger partial charge in [-0.3, -0.25) is 0 Å². The largest absolute Gasteiger partial charge is 0.598 e. The molecule has 0 aromatic carbocycles. The minimum absolute atomic E-state index is 0.119. The lowest BCUT2D eigenvalue weighted by Gasteiger charge is -2.28. The Bertz CT molecular complexity index is 355. The van der Waals surface area contributed by atoms with Gasteiger partial charge >= 0.3 is 6.09 Å². The summed E-state index contributed by atoms with van der Waals surface area (Å²) in [5, 5.41) is 0.325. The van der Waals surface area contributed by atoms with E-state index < -0.39 is 17.0 Å². The van der Waals surface area contributed by atoms with Crippen LogP contribution in [0, 0.1) is 0 Å². The van der Waals surface area contributed by atoms with Gasteiger partial charge in [-0.15, -0.1) is 4.72 Å². The molecule has 1 amide bonds. The molecule has 1 aliphatic carbocycles. The molecule has 2 fully saturated rings. The third-order valence-corrected chi connectivity index (χ3v) is 5.27. The van der Waals surface area contributed by atoms with Gasteiger partial charge in [-0.2, -0.15) is 0 Å². The van der Waals surface area contributed by atoms with Gasteiger partial charge in [-0.1, -0.05) is 6.92 Å². The first-order valence-electron chi connectivity index (χ1n) is 7.46. The van der Waals surface area contributed by atoms with Gasteiger partial charge in [0.25, 0.3) is 0 Å². The Balaban J connectivity index is 1.89. The third kappa shape index (κ3) is 4.27. The summed E-state index contributed by atoms with van der Waals surface area (Å²) in [5.74, 6) is 0. The summed E-state index contributed by atoms with van der Waals surface area (Å²) < 4.78 is 20.6. The number of nitrogens with one attached hydrogen (secondary N) is 1. The number of hydrogen-bond acceptors (Lipinski definition) is 4. The zero-order valence-electron chi connectivity index (χ0n) is 12.8. The average molecular weight is 302 g/mol. The van der Waals surface area contributed by atoms with Crippen LogP contribution in [0.1, 0.15) is 53.4 Å². The summed E-state index contributed by atoms with van der Waals surface area (Å²) in [6.45, 7) is 8.29. The van der Waals surface area contributed by atoms with Gasteiger partial charge in [0.15, 0.2) is 0 Å². The third-order valence-electron chi connectivity index (χ3n) is 3.62. The minimum Gasteiger partial charge on any atom is -0.598 e. The van der Waals surface area contributed by atoms with E-state index in [2.05, 4.69) is 11.6 Å². The lowest BCUT2D eigenvalue weighted by molar-refractivity contribution is 0.0221. The van der Waals surface area contributed by atoms with E-state index in [9.17, 15) is 9.35 Å². The Morgan fingerprint density at radius 3 is 2.60 bits per heavy atom. The topological polar surface area (TPSA) is 64.6 Å². The fraction of sp³-hybridized carbons (Fsp3) is 0.929. The maximum atomic E-state index is 12.2. The van der Waals surface area contributed by atoms with Crippen LogP contribution in [-0.4, -0.2) is 45.0 Å². The van der Waals surface area contributed by atoms with Crippen LogP contribution in [0.15, 0.2) is 0 Å². The summed E-state index contributed by atoms with van der Waals surface area (Å²) in [7, 11) is 0. The highest BCUT2D eigenvalue weighted by atomic mass is 32.2. The molecule has 5 nitrogen and oxygen atoms in total. The molecule has 1 heterocycles. The van der Waals surface area contributed by atoms with Gasteiger partial charge in [0.2, 0.25) is 0 Å². The number of rotatable bonds is 4. The highest BCUT2D eigenvalue weighted by Gasteiger charge is 2.41. The summed E-state index contributed by atoms with van der Waals surface area (Å²) in [5.41, 5.74) is -0.474. The summed E-state index contributed by atoms with van der Waals surface area (Å²) in [6.07, 6.45) is 3.60. The first-order chi connectivity index (χ1) is 9.30. The molecule has 6 heteroatoms. The Labute approximate surface area is 124 Å². The first-order valence-corrected chi connectivity index (χ1v) is 8.68. The first kappa shape index (κ1) is 15.9. The molecule has 20 heavy (non-hydrogen) atoms. The number of hydrogen-bond donors (Lipinski definition) is 1. The summed E-state index contributed by atoms with van der Waals surface area (Å²) in [6, 6.07) is 0.299. The van der Waals surface area contributed by atoms with Crippen molar-refractivity contribution in [1.82, 2.24) is 9.62 Å². The van der Waals surface area contributed by atoms with Crippen molar-refractivity contribution >= 4 is 17.5 Å². The van der Waals surface area contributed by atoms with Crippen LogP contribution in [0.5, 0.6) is 0 Å². The second-order valence-electron chi connectivity index (χ2n) is 6.74. The maximum absolute atomic E-state index is 12.2. The number of nitrogens with zero attached hydrogens (tertiary/aromatic N) is 1. The molecule has 0 spiro atoms. The van der Waals surface area contributed by atoms with E-state index >= 15 is 0 Å². The Morgan fingerprint density at radius 1 is 1.45 bits per heavy atom. The van der Waals surface area contributed by atoms with E-state index in [1.807, 2.05) is 20.8 Å². The van der Waals surface area contributed by atoms with Crippen LogP contribution >= 0.6 is 0 Å². The van der Waals surface area contributed by atoms with E-state index in [1.165, 1.54) is 0 Å². The SMILES string of the molecule is CCC1CC(N[S+]([O-])C2CC2)CN1C(=O)OC(C)(C)C. The number of amides is 1. The van der Waals surface area contributed by atoms with E-state index in [1.54, 1.807) is 4.90 Å². The smallest absolute Gasteiger partial charge is 0.410 e. The molecule has 2 rings (SSSR count). The molecule has 0 aromatic heterocycles. The second kappa shape index (κ2) is 6.12. The van der Waals surface area contributed by atoms with Crippen LogP contribution in [0.3, 0.4) is 0 Å². The van der Waals surface area contributed by atoms with Gasteiger partial charge in [0.1, 0.15) is 10.9 Å². The molecular formula is C14H26N2O3S. The van der Waals surface area contributed by atoms with Crippen LogP contribution in [-0.2, 0) is 16.1 Å². The molecule has 1 aliphatic heterocycles. The highest BCUT2D eigenvalue weighted by Crippen LogP contribution is 2.29. The predicted molar refractivity (Wildman–Crippen MR) is 79.7 cm³/mol. The molecule has 1 saturated heterocycles. The molecule has 1 N–H and O–H groups in total. The van der Waals surface area contributed by atoms with E-state index in [0.717, 1.165) is 25.7 Å². The van der Waals surface area contributed by atoms with Crippen LogP contribution < -0.4 is 4.72 Å². The van der Waals surface area contributed by atoms with Crippen LogP contribution in [0.25, 0.3) is 0 Å². The van der Waals surface area contributed by atoms with Gasteiger partial charge in [-0.05, 0) is 33.6 Å². The normalized spacial score (nSPS) is 28.6. The standard InChI is InChI=1S/C14H26N2O3S/c1-5-11-8-10(15-20(18)12-6-7-12)9-16(11)13(17)19-14(2,3)4/h10-12,15H,5-9H2,1-4H3. The van der Waals surface area contributed by atoms with Crippen molar-refractivity contribution in [2.45, 2.75) is 76.3 Å². The van der Waals surface area contributed by atoms with Crippen molar-refractivity contribution in [3.05, 3.63) is 0 Å². The van der Waals surface area contributed by atoms with Crippen molar-refractivity contribution in [3.8, 4) is 0 Å². The van der Waals surface area contributed by atoms with Gasteiger partial charge in [0, 0.05) is 36.8 Å². The average Bonchev–Trinajstić information content (AvgIpc) is 3.09. The van der Waals surface area contributed by atoms with E-state index in [0.29, 0.717) is 11.8 Å². The number of ether oxygens (including phenoxy) is 1. The lowest BCUT2D eigenvalue weighted by atomic mass is 10.1. The van der Waals surface area contributed by atoms with Gasteiger partial charge in [-0.25, -0.2) is 4.79 Å². The quantitative estimate of drug-likeness (QED) is 0.809. The monoisotopic (exact) mass is 302 g/mol. The molecule has 3 unspecified atom stereocenters. The van der Waals surface area contributed by atoms with Gasteiger partial charge < -0.3 is 14.2 Å². The Hall–Kier alpha value is -0.460. The molecule has 3 atom stereocenters. The minimum atomic E-state index is -0.943. The molecule has 0 radical (unpaired) electrons. The Morgan fingerprint density at radius 2 is 2.10 bits per heavy atom. The van der Waals surface area contributed by atoms with Gasteiger partial charge in [0.05, 0.1) is 6.04 Å². The number of carbonyl (C=O) groups is 1. The molecule has 0 bridgehead atoms. The van der Waals surface area contributed by atoms with Crippen LogP contribution in [0.2, 0.25) is 0 Å². The summed E-state index contributed by atoms with van der Waals surface area (Å²) in [4.78, 5) is 14.0. The summed E-state index contributed by atoms with van der Waals surface area (Å²) >= 11 is -0.943. The second-order valence-corrected chi connectivity index (χ2v) is 8.24. The zero-order valence-corrected chi connectivity index (χ0v) is 13.7. The zero-order chi connectivity index (χ0) is 14.9. The highest BCUT2D eigenvalue weighted by molar-refractivity contribution is 7.90. The predicted octanol–water partition coefficient (Wildman–Crippen LogP) is 2.19. The van der Waals surface area contributed by atoms with Crippen molar-refractivity contribution < 1.29 is 14.1 Å². The van der Waals surface area contributed by atoms with E-state index in [-0.39, 0.29) is 18.2 Å². The van der Waals surface area contributed by atoms with Crippen molar-refractivity contribution in [3.63, 3.8) is 0 Å².